The van der Waals surface area contributed by atoms with E-state index in [0.717, 1.165) is 60.6 Å². The number of benzene rings is 2. The molecule has 1 aliphatic rings. The van der Waals surface area contributed by atoms with Gasteiger partial charge in [0.25, 0.3) is 0 Å². The molecular weight excluding hydrogens is 324 g/mol. The van der Waals surface area contributed by atoms with E-state index >= 15 is 0 Å². The van der Waals surface area contributed by atoms with Crippen LogP contribution < -0.4 is 5.32 Å². The van der Waals surface area contributed by atoms with Crippen LogP contribution in [0.4, 0.5) is 0 Å². The second-order valence-electron chi connectivity index (χ2n) is 6.19. The van der Waals surface area contributed by atoms with Crippen molar-refractivity contribution in [1.29, 1.82) is 0 Å². The quantitative estimate of drug-likeness (QED) is 0.460. The fraction of sp³-hybridized carbons (Fsp3) is 0.318. The highest BCUT2D eigenvalue weighted by Crippen LogP contribution is 2.31. The van der Waals surface area contributed by atoms with Crippen LogP contribution in [0.3, 0.4) is 0 Å². The first-order valence-electron chi connectivity index (χ1n) is 9.09. The van der Waals surface area contributed by atoms with Gasteiger partial charge in [-0.1, -0.05) is 67.1 Å². The lowest BCUT2D eigenvalue weighted by atomic mass is 10.1. The molecule has 0 atom stereocenters. The van der Waals surface area contributed by atoms with E-state index in [1.54, 1.807) is 7.11 Å². The van der Waals surface area contributed by atoms with Crippen LogP contribution in [-0.4, -0.2) is 26.3 Å². The van der Waals surface area contributed by atoms with Gasteiger partial charge in [0, 0.05) is 31.3 Å². The molecule has 2 aromatic rings. The van der Waals surface area contributed by atoms with Gasteiger partial charge in [0.1, 0.15) is 12.6 Å². The SMILES string of the molecule is COCOCCCCCC1=NC(c2ccccc2)=C(c2ccccc2)[N]1. The molecule has 4 nitrogen and oxygen atoms in total. The molecule has 0 unspecified atom stereocenters. The predicted octanol–water partition coefficient (Wildman–Crippen LogP) is 4.71. The molecular formula is C22H25N2O2. The smallest absolute Gasteiger partial charge is 0.146 e. The van der Waals surface area contributed by atoms with Crippen molar-refractivity contribution < 1.29 is 9.47 Å². The molecule has 1 heterocycles. The molecule has 4 heteroatoms. The van der Waals surface area contributed by atoms with Crippen LogP contribution in [0.25, 0.3) is 11.4 Å². The number of rotatable bonds is 10. The van der Waals surface area contributed by atoms with Crippen molar-refractivity contribution in [2.24, 2.45) is 4.99 Å². The molecule has 0 aromatic heterocycles. The van der Waals surface area contributed by atoms with E-state index in [4.69, 9.17) is 19.8 Å². The zero-order valence-electron chi connectivity index (χ0n) is 15.2. The molecule has 0 spiro atoms. The first-order valence-corrected chi connectivity index (χ1v) is 9.09. The van der Waals surface area contributed by atoms with Gasteiger partial charge >= 0.3 is 0 Å². The van der Waals surface area contributed by atoms with Crippen molar-refractivity contribution in [3.63, 3.8) is 0 Å². The molecule has 0 aliphatic carbocycles. The zero-order valence-corrected chi connectivity index (χ0v) is 15.2. The van der Waals surface area contributed by atoms with Gasteiger partial charge in [-0.25, -0.2) is 10.3 Å². The van der Waals surface area contributed by atoms with Crippen LogP contribution >= 0.6 is 0 Å². The summed E-state index contributed by atoms with van der Waals surface area (Å²) in [6.07, 6.45) is 4.07. The second-order valence-corrected chi connectivity index (χ2v) is 6.19. The third kappa shape index (κ3) is 5.04. The number of ether oxygens (including phenoxy) is 2. The number of hydrogen-bond donors (Lipinski definition) is 0. The summed E-state index contributed by atoms with van der Waals surface area (Å²) in [7, 11) is 1.64. The Morgan fingerprint density at radius 3 is 2.08 bits per heavy atom. The van der Waals surface area contributed by atoms with Gasteiger partial charge in [-0.3, -0.25) is 0 Å². The number of unbranched alkanes of at least 4 members (excludes halogenated alkanes) is 2. The lowest BCUT2D eigenvalue weighted by molar-refractivity contribution is -0.0315. The highest BCUT2D eigenvalue weighted by atomic mass is 16.7. The van der Waals surface area contributed by atoms with E-state index < -0.39 is 0 Å². The van der Waals surface area contributed by atoms with E-state index in [1.807, 2.05) is 36.4 Å². The van der Waals surface area contributed by atoms with Gasteiger partial charge < -0.3 is 9.47 Å². The summed E-state index contributed by atoms with van der Waals surface area (Å²) in [6, 6.07) is 20.6. The van der Waals surface area contributed by atoms with Crippen LogP contribution in [0.1, 0.15) is 36.8 Å². The highest BCUT2D eigenvalue weighted by molar-refractivity contribution is 6.07. The molecule has 0 N–H and O–H groups in total. The molecule has 0 bridgehead atoms. The number of nitrogens with zero attached hydrogens (tertiary/aromatic N) is 2. The first-order chi connectivity index (χ1) is 12.9. The molecule has 0 saturated heterocycles. The summed E-state index contributed by atoms with van der Waals surface area (Å²) in [5.74, 6) is 0.917. The molecule has 135 valence electrons. The highest BCUT2D eigenvalue weighted by Gasteiger charge is 2.21. The molecule has 1 aliphatic heterocycles. The largest absolute Gasteiger partial charge is 0.359 e. The monoisotopic (exact) mass is 349 g/mol. The predicted molar refractivity (Wildman–Crippen MR) is 106 cm³/mol. The molecule has 0 fully saturated rings. The van der Waals surface area contributed by atoms with Crippen molar-refractivity contribution in [2.75, 3.05) is 20.5 Å². The average molecular weight is 349 g/mol. The van der Waals surface area contributed by atoms with Gasteiger partial charge in [-0.05, 0) is 12.8 Å². The number of aliphatic imine (C=N–C) groups is 1. The Morgan fingerprint density at radius 2 is 1.42 bits per heavy atom. The Kier molecular flexibility index (Phi) is 6.99. The fourth-order valence-corrected chi connectivity index (χ4v) is 2.90. The molecule has 3 rings (SSSR count). The first kappa shape index (κ1) is 18.4. The van der Waals surface area contributed by atoms with Crippen molar-refractivity contribution in [3.05, 3.63) is 71.8 Å². The molecule has 0 saturated carbocycles. The summed E-state index contributed by atoms with van der Waals surface area (Å²) in [4.78, 5) is 4.84. The lowest BCUT2D eigenvalue weighted by Crippen LogP contribution is -2.10. The van der Waals surface area contributed by atoms with Crippen molar-refractivity contribution in [3.8, 4) is 0 Å². The molecule has 2 aromatic carbocycles. The minimum absolute atomic E-state index is 0.368. The lowest BCUT2D eigenvalue weighted by Gasteiger charge is -2.06. The van der Waals surface area contributed by atoms with Crippen LogP contribution in [0.2, 0.25) is 0 Å². The normalized spacial score (nSPS) is 13.7. The van der Waals surface area contributed by atoms with Crippen molar-refractivity contribution >= 4 is 17.2 Å². The van der Waals surface area contributed by atoms with E-state index in [1.165, 1.54) is 0 Å². The Hall–Kier alpha value is -2.43. The summed E-state index contributed by atoms with van der Waals surface area (Å²) in [5, 5.41) is 4.84. The van der Waals surface area contributed by atoms with Gasteiger partial charge in [0.15, 0.2) is 0 Å². The topological polar surface area (TPSA) is 44.9 Å². The molecule has 26 heavy (non-hydrogen) atoms. The third-order valence-electron chi connectivity index (χ3n) is 4.19. The van der Waals surface area contributed by atoms with Gasteiger partial charge in [0.05, 0.1) is 11.4 Å². The number of amidine groups is 1. The van der Waals surface area contributed by atoms with E-state index in [-0.39, 0.29) is 0 Å². The summed E-state index contributed by atoms with van der Waals surface area (Å²) >= 11 is 0. The van der Waals surface area contributed by atoms with Crippen LogP contribution in [-0.2, 0) is 9.47 Å². The van der Waals surface area contributed by atoms with Crippen LogP contribution in [0, 0.1) is 0 Å². The standard InChI is InChI=1S/C22H25N2O2/c1-25-17-26-16-10-4-9-15-20-23-21(18-11-5-2-6-12-18)22(24-20)19-13-7-3-8-14-19/h2-3,5-8,11-14H,4,9-10,15-17H2,1H3. The van der Waals surface area contributed by atoms with Crippen molar-refractivity contribution in [2.45, 2.75) is 25.7 Å². The maximum absolute atomic E-state index is 5.32. The van der Waals surface area contributed by atoms with Gasteiger partial charge in [-0.2, -0.15) is 0 Å². The Bertz CT molecular complexity index is 739. The van der Waals surface area contributed by atoms with Gasteiger partial charge in [-0.15, -0.1) is 0 Å². The van der Waals surface area contributed by atoms with Crippen LogP contribution in [0.15, 0.2) is 65.7 Å². The van der Waals surface area contributed by atoms with E-state index in [0.29, 0.717) is 6.79 Å². The van der Waals surface area contributed by atoms with Crippen molar-refractivity contribution in [1.82, 2.24) is 5.32 Å². The Labute approximate surface area is 155 Å². The minimum Gasteiger partial charge on any atom is -0.359 e. The average Bonchev–Trinajstić information content (AvgIpc) is 3.13. The minimum atomic E-state index is 0.368. The third-order valence-corrected chi connectivity index (χ3v) is 4.19. The van der Waals surface area contributed by atoms with Crippen LogP contribution in [0.5, 0.6) is 0 Å². The van der Waals surface area contributed by atoms with E-state index in [9.17, 15) is 0 Å². The maximum Gasteiger partial charge on any atom is 0.146 e. The Balaban J connectivity index is 1.62. The van der Waals surface area contributed by atoms with Gasteiger partial charge in [0.2, 0.25) is 0 Å². The number of hydrogen-bond acceptors (Lipinski definition) is 3. The summed E-state index contributed by atoms with van der Waals surface area (Å²) < 4.78 is 10.2. The van der Waals surface area contributed by atoms with E-state index in [2.05, 4.69) is 24.3 Å². The fourth-order valence-electron chi connectivity index (χ4n) is 2.90. The molecule has 1 radical (unpaired) electrons. The summed E-state index contributed by atoms with van der Waals surface area (Å²) in [6.45, 7) is 1.10. The second kappa shape index (κ2) is 9.90. The number of methoxy groups -OCH3 is 1. The molecule has 0 amide bonds. The Morgan fingerprint density at radius 1 is 0.769 bits per heavy atom. The summed E-state index contributed by atoms with van der Waals surface area (Å²) in [5.41, 5.74) is 4.15. The maximum atomic E-state index is 5.32. The zero-order chi connectivity index (χ0) is 18.0.